The summed E-state index contributed by atoms with van der Waals surface area (Å²) in [6, 6.07) is 10.1. The highest BCUT2D eigenvalue weighted by atomic mass is 32.2. The van der Waals surface area contributed by atoms with Gasteiger partial charge in [0.1, 0.15) is 11.2 Å². The Morgan fingerprint density at radius 1 is 1.14 bits per heavy atom. The van der Waals surface area contributed by atoms with Crippen LogP contribution >= 0.6 is 0 Å². The molecule has 6 heteroatoms. The summed E-state index contributed by atoms with van der Waals surface area (Å²) in [6.45, 7) is 1.99. The third kappa shape index (κ3) is 2.14. The van der Waals surface area contributed by atoms with E-state index in [2.05, 4.69) is 17.0 Å². The number of anilines is 1. The van der Waals surface area contributed by atoms with E-state index in [1.807, 2.05) is 12.1 Å². The Hall–Kier alpha value is -1.79. The van der Waals surface area contributed by atoms with Crippen molar-refractivity contribution >= 4 is 15.7 Å². The van der Waals surface area contributed by atoms with Gasteiger partial charge in [-0.1, -0.05) is 18.2 Å². The third-order valence-electron chi connectivity index (χ3n) is 4.55. The fourth-order valence-corrected chi connectivity index (χ4v) is 4.94. The van der Waals surface area contributed by atoms with Gasteiger partial charge in [0.05, 0.1) is 6.26 Å². The van der Waals surface area contributed by atoms with Gasteiger partial charge in [0.15, 0.2) is 0 Å². The van der Waals surface area contributed by atoms with Gasteiger partial charge in [-0.2, -0.15) is 4.31 Å². The van der Waals surface area contributed by atoms with Gasteiger partial charge in [0.2, 0.25) is 10.0 Å². The molecular weight excluding hydrogens is 300 g/mol. The second kappa shape index (κ2) is 5.14. The number of hydrogen-bond acceptors (Lipinski definition) is 4. The van der Waals surface area contributed by atoms with E-state index in [0.29, 0.717) is 13.1 Å². The minimum absolute atomic E-state index is 0.224. The molecule has 2 aliphatic heterocycles. The number of rotatable bonds is 2. The zero-order valence-corrected chi connectivity index (χ0v) is 13.0. The highest BCUT2D eigenvalue weighted by Crippen LogP contribution is 2.34. The summed E-state index contributed by atoms with van der Waals surface area (Å²) in [5.74, 6) is 0. The number of sulfonamides is 1. The summed E-state index contributed by atoms with van der Waals surface area (Å²) < 4.78 is 32.0. The van der Waals surface area contributed by atoms with E-state index in [1.165, 1.54) is 29.8 Å². The first-order valence-corrected chi connectivity index (χ1v) is 8.97. The smallest absolute Gasteiger partial charge is 0.246 e. The van der Waals surface area contributed by atoms with Gasteiger partial charge in [-0.25, -0.2) is 8.42 Å². The lowest BCUT2D eigenvalue weighted by molar-refractivity contribution is 0.405. The third-order valence-corrected chi connectivity index (χ3v) is 6.39. The van der Waals surface area contributed by atoms with Crippen molar-refractivity contribution in [2.75, 3.05) is 24.5 Å². The van der Waals surface area contributed by atoms with E-state index in [1.54, 1.807) is 4.31 Å². The van der Waals surface area contributed by atoms with Crippen LogP contribution in [0.15, 0.2) is 52.2 Å². The first-order valence-electron chi connectivity index (χ1n) is 7.53. The number of furan rings is 1. The van der Waals surface area contributed by atoms with Gasteiger partial charge in [-0.3, -0.25) is 0 Å². The Morgan fingerprint density at radius 3 is 2.82 bits per heavy atom. The molecule has 5 nitrogen and oxygen atoms in total. The van der Waals surface area contributed by atoms with Crippen molar-refractivity contribution in [3.8, 4) is 0 Å². The molecule has 116 valence electrons. The predicted octanol–water partition coefficient (Wildman–Crippen LogP) is 2.11. The molecule has 1 saturated heterocycles. The fourth-order valence-electron chi connectivity index (χ4n) is 3.50. The molecular formula is C16H18N2O3S. The molecule has 1 aromatic heterocycles. The Morgan fingerprint density at radius 2 is 2.00 bits per heavy atom. The molecule has 1 aromatic carbocycles. The standard InChI is InChI=1S/C16H18N2O3S/c19-22(20,15-6-9-21-12-15)17-7-3-8-18-14(11-17)10-13-4-1-2-5-16(13)18/h1-2,4-6,9,12,14H,3,7-8,10-11H2. The van der Waals surface area contributed by atoms with Crippen LogP contribution in [0.25, 0.3) is 0 Å². The Bertz CT molecular complexity index is 770. The molecule has 0 bridgehead atoms. The molecule has 3 heterocycles. The van der Waals surface area contributed by atoms with Crippen molar-refractivity contribution in [1.29, 1.82) is 0 Å². The lowest BCUT2D eigenvalue weighted by Gasteiger charge is -2.26. The number of para-hydroxylation sites is 1. The minimum atomic E-state index is -3.46. The molecule has 4 rings (SSSR count). The minimum Gasteiger partial charge on any atom is -0.471 e. The van der Waals surface area contributed by atoms with E-state index in [4.69, 9.17) is 4.42 Å². The largest absolute Gasteiger partial charge is 0.471 e. The van der Waals surface area contributed by atoms with Gasteiger partial charge in [-0.15, -0.1) is 0 Å². The Balaban J connectivity index is 1.63. The van der Waals surface area contributed by atoms with Gasteiger partial charge in [-0.05, 0) is 30.5 Å². The number of benzene rings is 1. The van der Waals surface area contributed by atoms with Crippen molar-refractivity contribution in [2.45, 2.75) is 23.8 Å². The maximum atomic E-state index is 12.7. The average Bonchev–Trinajstić information content (AvgIpc) is 3.11. The Labute approximate surface area is 130 Å². The molecule has 1 atom stereocenters. The second-order valence-electron chi connectivity index (χ2n) is 5.86. The van der Waals surface area contributed by atoms with Crippen LogP contribution in [0.2, 0.25) is 0 Å². The maximum absolute atomic E-state index is 12.7. The topological polar surface area (TPSA) is 53.8 Å². The molecule has 0 saturated carbocycles. The quantitative estimate of drug-likeness (QED) is 0.851. The molecule has 0 radical (unpaired) electrons. The van der Waals surface area contributed by atoms with Crippen LogP contribution < -0.4 is 4.90 Å². The summed E-state index contributed by atoms with van der Waals surface area (Å²) in [4.78, 5) is 2.61. The first-order chi connectivity index (χ1) is 10.7. The fraction of sp³-hybridized carbons (Fsp3) is 0.375. The summed E-state index contributed by atoms with van der Waals surface area (Å²) in [6.07, 6.45) is 4.46. The number of nitrogens with zero attached hydrogens (tertiary/aromatic N) is 2. The highest BCUT2D eigenvalue weighted by molar-refractivity contribution is 7.89. The van der Waals surface area contributed by atoms with Crippen LogP contribution in [0.5, 0.6) is 0 Å². The molecule has 0 aliphatic carbocycles. The molecule has 22 heavy (non-hydrogen) atoms. The number of fused-ring (bicyclic) bond motifs is 3. The molecule has 2 aliphatic rings. The normalized spacial score (nSPS) is 22.2. The SMILES string of the molecule is O=S(=O)(c1ccoc1)N1CCCN2c3ccccc3CC2C1. The van der Waals surface area contributed by atoms with Crippen molar-refractivity contribution in [1.82, 2.24) is 4.31 Å². The number of hydrogen-bond donors (Lipinski definition) is 0. The van der Waals surface area contributed by atoms with Crippen LogP contribution in [0, 0.1) is 0 Å². The molecule has 0 amide bonds. The molecule has 1 unspecified atom stereocenters. The predicted molar refractivity (Wildman–Crippen MR) is 83.4 cm³/mol. The summed E-state index contributed by atoms with van der Waals surface area (Å²) >= 11 is 0. The van der Waals surface area contributed by atoms with Gasteiger partial charge in [0.25, 0.3) is 0 Å². The summed E-state index contributed by atoms with van der Waals surface area (Å²) in [5, 5.41) is 0. The van der Waals surface area contributed by atoms with Crippen molar-refractivity contribution in [3.63, 3.8) is 0 Å². The molecule has 0 N–H and O–H groups in total. The average molecular weight is 318 g/mol. The molecule has 2 aromatic rings. The van der Waals surface area contributed by atoms with E-state index >= 15 is 0 Å². The van der Waals surface area contributed by atoms with Gasteiger partial charge < -0.3 is 9.32 Å². The second-order valence-corrected chi connectivity index (χ2v) is 7.79. The van der Waals surface area contributed by atoms with Crippen LogP contribution in [-0.4, -0.2) is 38.4 Å². The summed E-state index contributed by atoms with van der Waals surface area (Å²) in [5.41, 5.74) is 2.57. The zero-order chi connectivity index (χ0) is 15.2. The monoisotopic (exact) mass is 318 g/mol. The lowest BCUT2D eigenvalue weighted by Crippen LogP contribution is -2.41. The van der Waals surface area contributed by atoms with Gasteiger partial charge in [0, 0.05) is 31.4 Å². The van der Waals surface area contributed by atoms with Crippen molar-refractivity contribution in [3.05, 3.63) is 48.4 Å². The van der Waals surface area contributed by atoms with Crippen LogP contribution in [0.1, 0.15) is 12.0 Å². The first kappa shape index (κ1) is 13.8. The van der Waals surface area contributed by atoms with Gasteiger partial charge >= 0.3 is 0 Å². The van der Waals surface area contributed by atoms with E-state index in [0.717, 1.165) is 19.4 Å². The maximum Gasteiger partial charge on any atom is 0.246 e. The van der Waals surface area contributed by atoms with Crippen molar-refractivity contribution in [2.24, 2.45) is 0 Å². The molecule has 1 fully saturated rings. The highest BCUT2D eigenvalue weighted by Gasteiger charge is 2.36. The van der Waals surface area contributed by atoms with E-state index in [-0.39, 0.29) is 10.9 Å². The van der Waals surface area contributed by atoms with E-state index < -0.39 is 10.0 Å². The summed E-state index contributed by atoms with van der Waals surface area (Å²) in [7, 11) is -3.46. The Kier molecular flexibility index (Phi) is 3.23. The lowest BCUT2D eigenvalue weighted by atomic mass is 10.1. The van der Waals surface area contributed by atoms with Crippen molar-refractivity contribution < 1.29 is 12.8 Å². The van der Waals surface area contributed by atoms with Crippen LogP contribution in [0.3, 0.4) is 0 Å². The van der Waals surface area contributed by atoms with Crippen LogP contribution in [-0.2, 0) is 16.4 Å². The van der Waals surface area contributed by atoms with Crippen LogP contribution in [0.4, 0.5) is 5.69 Å². The zero-order valence-electron chi connectivity index (χ0n) is 12.2. The molecule has 0 spiro atoms. The van der Waals surface area contributed by atoms with E-state index in [9.17, 15) is 8.42 Å².